The first-order valence-electron chi connectivity index (χ1n) is 9.06. The van der Waals surface area contributed by atoms with Crippen molar-refractivity contribution in [2.75, 3.05) is 43.9 Å². The van der Waals surface area contributed by atoms with Gasteiger partial charge in [-0.05, 0) is 45.6 Å². The molecule has 0 saturated carbocycles. The summed E-state index contributed by atoms with van der Waals surface area (Å²) in [5.74, 6) is 1.60. The van der Waals surface area contributed by atoms with Crippen LogP contribution in [0.15, 0.2) is 29.3 Å². The maximum absolute atomic E-state index is 12.2. The van der Waals surface area contributed by atoms with Crippen molar-refractivity contribution in [3.05, 3.63) is 24.3 Å². The summed E-state index contributed by atoms with van der Waals surface area (Å²) in [6.45, 7) is 9.51. The number of nitrogens with one attached hydrogen (secondary N) is 2. The number of anilines is 1. The van der Waals surface area contributed by atoms with Gasteiger partial charge in [0.2, 0.25) is 0 Å². The first-order chi connectivity index (χ1) is 12.5. The highest BCUT2D eigenvalue weighted by Crippen LogP contribution is 2.31. The van der Waals surface area contributed by atoms with Crippen LogP contribution >= 0.6 is 11.8 Å². The highest BCUT2D eigenvalue weighted by molar-refractivity contribution is 7.99. The van der Waals surface area contributed by atoms with Crippen LogP contribution in [0.4, 0.5) is 5.69 Å². The summed E-state index contributed by atoms with van der Waals surface area (Å²) in [5, 5.41) is 6.63. The quantitative estimate of drug-likeness (QED) is 0.413. The van der Waals surface area contributed by atoms with Crippen LogP contribution < -0.4 is 20.3 Å². The van der Waals surface area contributed by atoms with E-state index in [1.165, 1.54) is 0 Å². The Hall–Kier alpha value is -1.89. The molecule has 0 fully saturated rings. The van der Waals surface area contributed by atoms with Gasteiger partial charge < -0.3 is 20.3 Å². The fourth-order valence-corrected chi connectivity index (χ4v) is 2.71. The van der Waals surface area contributed by atoms with Crippen LogP contribution in [0.5, 0.6) is 5.75 Å². The summed E-state index contributed by atoms with van der Waals surface area (Å²) in [5.41, 5.74) is 0.853. The number of rotatable bonds is 8. The Morgan fingerprint density at radius 2 is 2.12 bits per heavy atom. The molecule has 1 aliphatic heterocycles. The van der Waals surface area contributed by atoms with Crippen LogP contribution in [0.25, 0.3) is 0 Å². The number of benzene rings is 1. The number of carbonyl (C=O) groups excluding carboxylic acids is 1. The lowest BCUT2D eigenvalue weighted by Crippen LogP contribution is -2.42. The molecule has 1 aliphatic rings. The summed E-state index contributed by atoms with van der Waals surface area (Å²) < 4.78 is 5.60. The SMILES string of the molecule is CCNC(=NCC(C)(C)SC)NCCCN1C(=O)COc2ccccc21. The summed E-state index contributed by atoms with van der Waals surface area (Å²) >= 11 is 1.81. The van der Waals surface area contributed by atoms with E-state index in [0.29, 0.717) is 6.54 Å². The van der Waals surface area contributed by atoms with Crippen molar-refractivity contribution in [3.63, 3.8) is 0 Å². The number of fused-ring (bicyclic) bond motifs is 1. The van der Waals surface area contributed by atoms with E-state index in [1.807, 2.05) is 36.0 Å². The normalized spacial score (nSPS) is 14.7. The Morgan fingerprint density at radius 1 is 1.35 bits per heavy atom. The average Bonchev–Trinajstić information content (AvgIpc) is 2.64. The molecule has 6 nitrogen and oxygen atoms in total. The van der Waals surface area contributed by atoms with Gasteiger partial charge in [0.05, 0.1) is 12.2 Å². The molecule has 0 aliphatic carbocycles. The number of hydrogen-bond donors (Lipinski definition) is 2. The van der Waals surface area contributed by atoms with E-state index in [1.54, 1.807) is 4.90 Å². The van der Waals surface area contributed by atoms with Gasteiger partial charge in [-0.2, -0.15) is 11.8 Å². The van der Waals surface area contributed by atoms with Crippen LogP contribution in [0.2, 0.25) is 0 Å². The number of ether oxygens (including phenoxy) is 1. The second kappa shape index (κ2) is 9.71. The average molecular weight is 379 g/mol. The molecule has 0 spiro atoms. The predicted octanol–water partition coefficient (Wildman–Crippen LogP) is 2.50. The van der Waals surface area contributed by atoms with Gasteiger partial charge in [0, 0.05) is 24.4 Å². The van der Waals surface area contributed by atoms with Crippen LogP contribution in [-0.2, 0) is 4.79 Å². The van der Waals surface area contributed by atoms with E-state index < -0.39 is 0 Å². The lowest BCUT2D eigenvalue weighted by Gasteiger charge is -2.29. The highest BCUT2D eigenvalue weighted by atomic mass is 32.2. The number of amides is 1. The number of para-hydroxylation sites is 2. The maximum Gasteiger partial charge on any atom is 0.265 e. The lowest BCUT2D eigenvalue weighted by atomic mass is 10.2. The molecule has 1 amide bonds. The zero-order valence-electron chi connectivity index (χ0n) is 16.2. The maximum atomic E-state index is 12.2. The molecular formula is C19H30N4O2S. The standard InChI is InChI=1S/C19H30N4O2S/c1-5-20-18(22-14-19(2,3)26-4)21-11-8-12-23-15-9-6-7-10-16(15)25-13-17(23)24/h6-7,9-10H,5,8,11-14H2,1-4H3,(H2,20,21,22). The minimum Gasteiger partial charge on any atom is -0.482 e. The van der Waals surface area contributed by atoms with Gasteiger partial charge in [-0.15, -0.1) is 0 Å². The van der Waals surface area contributed by atoms with E-state index in [9.17, 15) is 4.79 Å². The molecule has 2 N–H and O–H groups in total. The van der Waals surface area contributed by atoms with E-state index in [2.05, 4.69) is 42.7 Å². The molecule has 1 aromatic rings. The minimum absolute atomic E-state index is 0.00555. The van der Waals surface area contributed by atoms with Gasteiger partial charge in [0.15, 0.2) is 12.6 Å². The largest absolute Gasteiger partial charge is 0.482 e. The molecule has 0 bridgehead atoms. The van der Waals surface area contributed by atoms with E-state index >= 15 is 0 Å². The van der Waals surface area contributed by atoms with Gasteiger partial charge in [0.25, 0.3) is 5.91 Å². The van der Waals surface area contributed by atoms with Gasteiger partial charge >= 0.3 is 0 Å². The Kier molecular flexibility index (Phi) is 7.63. The molecular weight excluding hydrogens is 348 g/mol. The van der Waals surface area contributed by atoms with Crippen molar-refractivity contribution in [3.8, 4) is 5.75 Å². The van der Waals surface area contributed by atoms with Gasteiger partial charge in [0.1, 0.15) is 5.75 Å². The van der Waals surface area contributed by atoms with Crippen molar-refractivity contribution >= 4 is 29.3 Å². The van der Waals surface area contributed by atoms with Crippen molar-refractivity contribution in [2.24, 2.45) is 4.99 Å². The third-order valence-corrected chi connectivity index (χ3v) is 5.41. The monoisotopic (exact) mass is 378 g/mol. The Morgan fingerprint density at radius 3 is 2.85 bits per heavy atom. The van der Waals surface area contributed by atoms with E-state index in [4.69, 9.17) is 4.74 Å². The summed E-state index contributed by atoms with van der Waals surface area (Å²) in [6.07, 6.45) is 2.93. The molecule has 0 saturated heterocycles. The molecule has 2 rings (SSSR count). The molecule has 0 unspecified atom stereocenters. The number of guanidine groups is 1. The predicted molar refractivity (Wildman–Crippen MR) is 110 cm³/mol. The van der Waals surface area contributed by atoms with Crippen LogP contribution in [0.3, 0.4) is 0 Å². The van der Waals surface area contributed by atoms with E-state index in [-0.39, 0.29) is 17.3 Å². The highest BCUT2D eigenvalue weighted by Gasteiger charge is 2.24. The van der Waals surface area contributed by atoms with Crippen LogP contribution in [-0.4, -0.2) is 55.7 Å². The molecule has 1 heterocycles. The fraction of sp³-hybridized carbons (Fsp3) is 0.579. The second-order valence-electron chi connectivity index (χ2n) is 6.74. The van der Waals surface area contributed by atoms with Crippen LogP contribution in [0, 0.1) is 0 Å². The molecule has 7 heteroatoms. The third-order valence-electron chi connectivity index (χ3n) is 4.17. The summed E-state index contributed by atoms with van der Waals surface area (Å²) in [4.78, 5) is 18.6. The number of hydrogen-bond acceptors (Lipinski definition) is 4. The second-order valence-corrected chi connectivity index (χ2v) is 8.25. The first kappa shape index (κ1) is 20.4. The number of thioether (sulfide) groups is 1. The Balaban J connectivity index is 1.86. The van der Waals surface area contributed by atoms with Crippen molar-refractivity contribution in [2.45, 2.75) is 31.9 Å². The third kappa shape index (κ3) is 5.83. The molecule has 144 valence electrons. The summed E-state index contributed by atoms with van der Waals surface area (Å²) in [6, 6.07) is 7.67. The van der Waals surface area contributed by atoms with Crippen molar-refractivity contribution in [1.82, 2.24) is 10.6 Å². The Bertz CT molecular complexity index is 634. The Labute approximate surface area is 160 Å². The molecule has 0 radical (unpaired) electrons. The summed E-state index contributed by atoms with van der Waals surface area (Å²) in [7, 11) is 0. The number of nitrogens with zero attached hydrogens (tertiary/aromatic N) is 2. The molecule has 26 heavy (non-hydrogen) atoms. The van der Waals surface area contributed by atoms with Crippen LogP contribution in [0.1, 0.15) is 27.2 Å². The molecule has 0 aromatic heterocycles. The van der Waals surface area contributed by atoms with Gasteiger partial charge in [-0.1, -0.05) is 12.1 Å². The smallest absolute Gasteiger partial charge is 0.265 e. The zero-order valence-corrected chi connectivity index (χ0v) is 17.0. The number of carbonyl (C=O) groups is 1. The molecule has 1 aromatic carbocycles. The minimum atomic E-state index is 0.00555. The molecule has 0 atom stereocenters. The van der Waals surface area contributed by atoms with Crippen molar-refractivity contribution < 1.29 is 9.53 Å². The van der Waals surface area contributed by atoms with Gasteiger partial charge in [-0.3, -0.25) is 9.79 Å². The van der Waals surface area contributed by atoms with Crippen molar-refractivity contribution in [1.29, 1.82) is 0 Å². The number of aliphatic imine (C=N–C) groups is 1. The van der Waals surface area contributed by atoms with E-state index in [0.717, 1.165) is 43.5 Å². The fourth-order valence-electron chi connectivity index (χ4n) is 2.52. The van der Waals surface area contributed by atoms with Gasteiger partial charge in [-0.25, -0.2) is 0 Å². The topological polar surface area (TPSA) is 66.0 Å². The first-order valence-corrected chi connectivity index (χ1v) is 10.3. The zero-order chi connectivity index (χ0) is 19.0. The lowest BCUT2D eigenvalue weighted by molar-refractivity contribution is -0.121.